The summed E-state index contributed by atoms with van der Waals surface area (Å²) in [5.74, 6) is 1.06. The smallest absolute Gasteiger partial charge is 0.159 e. The third-order valence-electron chi connectivity index (χ3n) is 4.42. The average Bonchev–Trinajstić information content (AvgIpc) is 3.21. The molecule has 1 aliphatic carbocycles. The van der Waals surface area contributed by atoms with Gasteiger partial charge in [0, 0.05) is 35.9 Å². The lowest BCUT2D eigenvalue weighted by molar-refractivity contribution is 0.568. The van der Waals surface area contributed by atoms with E-state index < -0.39 is 0 Å². The number of hydrogen-bond donors (Lipinski definition) is 1. The average molecular weight is 268 g/mol. The fraction of sp³-hybridized carbons (Fsp3) is 0.500. The lowest BCUT2D eigenvalue weighted by Crippen LogP contribution is -2.39. The van der Waals surface area contributed by atoms with Gasteiger partial charge in [0.15, 0.2) is 5.82 Å². The molecule has 1 saturated carbocycles. The largest absolute Gasteiger partial charge is 0.350 e. The van der Waals surface area contributed by atoms with Crippen LogP contribution in [0.15, 0.2) is 30.5 Å². The van der Waals surface area contributed by atoms with E-state index in [1.807, 2.05) is 6.20 Å². The van der Waals surface area contributed by atoms with E-state index in [9.17, 15) is 0 Å². The summed E-state index contributed by atoms with van der Waals surface area (Å²) in [6.07, 6.45) is 7.06. The summed E-state index contributed by atoms with van der Waals surface area (Å²) >= 11 is 0. The Morgan fingerprint density at radius 1 is 1.20 bits per heavy atom. The van der Waals surface area contributed by atoms with Gasteiger partial charge in [-0.05, 0) is 25.7 Å². The fourth-order valence-electron chi connectivity index (χ4n) is 3.14. The van der Waals surface area contributed by atoms with Crippen molar-refractivity contribution in [3.05, 3.63) is 30.5 Å². The highest BCUT2D eigenvalue weighted by Gasteiger charge is 2.29. The van der Waals surface area contributed by atoms with Crippen molar-refractivity contribution in [1.82, 2.24) is 15.5 Å². The molecule has 0 spiro atoms. The quantitative estimate of drug-likeness (QED) is 0.924. The SMILES string of the molecule is c1ccc2c(N3CCCC3CNC3CC3)nncc2c1. The highest BCUT2D eigenvalue weighted by atomic mass is 15.3. The second-order valence-corrected chi connectivity index (χ2v) is 5.93. The lowest BCUT2D eigenvalue weighted by atomic mass is 10.1. The lowest BCUT2D eigenvalue weighted by Gasteiger charge is -2.26. The standard InChI is InChI=1S/C16H20N4/c1-2-6-15-12(4-1)10-18-19-16(15)20-9-3-5-14(20)11-17-13-7-8-13/h1-2,4,6,10,13-14,17H,3,5,7-9,11H2. The van der Waals surface area contributed by atoms with Gasteiger partial charge >= 0.3 is 0 Å². The van der Waals surface area contributed by atoms with Crippen molar-refractivity contribution < 1.29 is 0 Å². The summed E-state index contributed by atoms with van der Waals surface area (Å²) in [5, 5.41) is 14.7. The Kier molecular flexibility index (Phi) is 3.03. The van der Waals surface area contributed by atoms with Crippen LogP contribution < -0.4 is 10.2 Å². The van der Waals surface area contributed by atoms with E-state index in [1.54, 1.807) is 0 Å². The number of anilines is 1. The molecule has 104 valence electrons. The highest BCUT2D eigenvalue weighted by molar-refractivity contribution is 5.91. The van der Waals surface area contributed by atoms with Crippen molar-refractivity contribution in [2.45, 2.75) is 37.8 Å². The van der Waals surface area contributed by atoms with Gasteiger partial charge < -0.3 is 10.2 Å². The Morgan fingerprint density at radius 3 is 3.00 bits per heavy atom. The Bertz CT molecular complexity index is 603. The monoisotopic (exact) mass is 268 g/mol. The number of aromatic nitrogens is 2. The van der Waals surface area contributed by atoms with Crippen molar-refractivity contribution in [1.29, 1.82) is 0 Å². The molecule has 2 fully saturated rings. The second kappa shape index (κ2) is 5.02. The molecule has 1 aromatic heterocycles. The summed E-state index contributed by atoms with van der Waals surface area (Å²) in [5.41, 5.74) is 0. The first-order valence-electron chi connectivity index (χ1n) is 7.62. The molecule has 2 heterocycles. The van der Waals surface area contributed by atoms with Crippen molar-refractivity contribution >= 4 is 16.6 Å². The van der Waals surface area contributed by atoms with Gasteiger partial charge in [0.25, 0.3) is 0 Å². The number of rotatable bonds is 4. The van der Waals surface area contributed by atoms with Crippen molar-refractivity contribution in [2.24, 2.45) is 0 Å². The van der Waals surface area contributed by atoms with E-state index >= 15 is 0 Å². The predicted octanol–water partition coefficient (Wildman–Crippen LogP) is 2.35. The zero-order chi connectivity index (χ0) is 13.4. The third-order valence-corrected chi connectivity index (χ3v) is 4.42. The fourth-order valence-corrected chi connectivity index (χ4v) is 3.14. The van der Waals surface area contributed by atoms with Crippen LogP contribution >= 0.6 is 0 Å². The summed E-state index contributed by atoms with van der Waals surface area (Å²) in [6, 6.07) is 9.75. The third kappa shape index (κ3) is 2.24. The van der Waals surface area contributed by atoms with Gasteiger partial charge in [0.1, 0.15) is 0 Å². The molecular formula is C16H20N4. The molecule has 2 aromatic rings. The van der Waals surface area contributed by atoms with Gasteiger partial charge in [-0.2, -0.15) is 5.10 Å². The molecule has 20 heavy (non-hydrogen) atoms. The molecule has 2 aliphatic rings. The van der Waals surface area contributed by atoms with Gasteiger partial charge in [-0.1, -0.05) is 24.3 Å². The van der Waals surface area contributed by atoms with Crippen LogP contribution in [-0.2, 0) is 0 Å². The van der Waals surface area contributed by atoms with E-state index in [1.165, 1.54) is 36.5 Å². The van der Waals surface area contributed by atoms with E-state index in [-0.39, 0.29) is 0 Å². The number of benzene rings is 1. The van der Waals surface area contributed by atoms with Gasteiger partial charge in [-0.3, -0.25) is 0 Å². The minimum atomic E-state index is 0.565. The van der Waals surface area contributed by atoms with E-state index in [2.05, 4.69) is 44.7 Å². The Balaban J connectivity index is 1.63. The van der Waals surface area contributed by atoms with Gasteiger partial charge in [0.05, 0.1) is 6.20 Å². The zero-order valence-electron chi connectivity index (χ0n) is 11.6. The Labute approximate surface area is 119 Å². The van der Waals surface area contributed by atoms with Gasteiger partial charge in [-0.15, -0.1) is 5.10 Å². The molecule has 1 atom stereocenters. The molecule has 4 rings (SSSR count). The minimum Gasteiger partial charge on any atom is -0.350 e. The predicted molar refractivity (Wildman–Crippen MR) is 80.9 cm³/mol. The maximum absolute atomic E-state index is 4.43. The van der Waals surface area contributed by atoms with E-state index in [0.29, 0.717) is 6.04 Å². The number of nitrogens with zero attached hydrogens (tertiary/aromatic N) is 3. The van der Waals surface area contributed by atoms with Crippen LogP contribution in [0.3, 0.4) is 0 Å². The molecule has 0 bridgehead atoms. The topological polar surface area (TPSA) is 41.0 Å². The van der Waals surface area contributed by atoms with Crippen molar-refractivity contribution in [3.63, 3.8) is 0 Å². The first-order chi connectivity index (χ1) is 9.92. The van der Waals surface area contributed by atoms with Crippen LogP contribution in [-0.4, -0.2) is 35.4 Å². The molecule has 1 saturated heterocycles. The van der Waals surface area contributed by atoms with Crippen LogP contribution in [0.1, 0.15) is 25.7 Å². The van der Waals surface area contributed by atoms with Crippen LogP contribution in [0, 0.1) is 0 Å². The molecule has 4 heteroatoms. The molecule has 0 amide bonds. The van der Waals surface area contributed by atoms with Crippen LogP contribution in [0.5, 0.6) is 0 Å². The summed E-state index contributed by atoms with van der Waals surface area (Å²) in [6.45, 7) is 2.18. The maximum atomic E-state index is 4.43. The number of hydrogen-bond acceptors (Lipinski definition) is 4. The molecule has 0 radical (unpaired) electrons. The van der Waals surface area contributed by atoms with Crippen LogP contribution in [0.4, 0.5) is 5.82 Å². The van der Waals surface area contributed by atoms with Gasteiger partial charge in [0.2, 0.25) is 0 Å². The number of nitrogens with one attached hydrogen (secondary N) is 1. The molecule has 1 N–H and O–H groups in total. The van der Waals surface area contributed by atoms with Gasteiger partial charge in [-0.25, -0.2) is 0 Å². The molecule has 1 aromatic carbocycles. The molecular weight excluding hydrogens is 248 g/mol. The molecule has 4 nitrogen and oxygen atoms in total. The van der Waals surface area contributed by atoms with Crippen molar-refractivity contribution in [2.75, 3.05) is 18.0 Å². The molecule has 1 aliphatic heterocycles. The maximum Gasteiger partial charge on any atom is 0.159 e. The second-order valence-electron chi connectivity index (χ2n) is 5.93. The first-order valence-corrected chi connectivity index (χ1v) is 7.62. The Morgan fingerprint density at radius 2 is 2.10 bits per heavy atom. The van der Waals surface area contributed by atoms with E-state index in [0.717, 1.165) is 24.9 Å². The van der Waals surface area contributed by atoms with Crippen LogP contribution in [0.2, 0.25) is 0 Å². The normalized spacial score (nSPS) is 22.6. The molecule has 1 unspecified atom stereocenters. The first kappa shape index (κ1) is 12.1. The highest BCUT2D eigenvalue weighted by Crippen LogP contribution is 2.30. The van der Waals surface area contributed by atoms with Crippen molar-refractivity contribution in [3.8, 4) is 0 Å². The minimum absolute atomic E-state index is 0.565. The Hall–Kier alpha value is -1.68. The summed E-state index contributed by atoms with van der Waals surface area (Å²) in [4.78, 5) is 2.45. The van der Waals surface area contributed by atoms with E-state index in [4.69, 9.17) is 0 Å². The van der Waals surface area contributed by atoms with Crippen LogP contribution in [0.25, 0.3) is 10.8 Å². The summed E-state index contributed by atoms with van der Waals surface area (Å²) < 4.78 is 0. The zero-order valence-corrected chi connectivity index (χ0v) is 11.6. The summed E-state index contributed by atoms with van der Waals surface area (Å²) in [7, 11) is 0. The number of fused-ring (bicyclic) bond motifs is 1.